The summed E-state index contributed by atoms with van der Waals surface area (Å²) in [6.45, 7) is 0. The van der Waals surface area contributed by atoms with E-state index in [2.05, 4.69) is 143 Å². The first kappa shape index (κ1) is 19.4. The van der Waals surface area contributed by atoms with Gasteiger partial charge in [-0.2, -0.15) is 0 Å². The van der Waals surface area contributed by atoms with E-state index in [9.17, 15) is 0 Å². The molecule has 0 spiro atoms. The molecule has 1 aliphatic rings. The van der Waals surface area contributed by atoms with Crippen LogP contribution in [0.1, 0.15) is 0 Å². The van der Waals surface area contributed by atoms with E-state index >= 15 is 0 Å². The van der Waals surface area contributed by atoms with Crippen LogP contribution in [0.4, 0.5) is 0 Å². The Morgan fingerprint density at radius 1 is 0.379 bits per heavy atom. The molecule has 0 radical (unpaired) electrons. The van der Waals surface area contributed by atoms with Gasteiger partial charge in [0.15, 0.2) is 0 Å². The molecule has 5 rings (SSSR count). The molecule has 4 aromatic carbocycles. The highest BCUT2D eigenvalue weighted by Crippen LogP contribution is 2.90. The molecule has 0 N–H and O–H groups in total. The second kappa shape index (κ2) is 8.66. The van der Waals surface area contributed by atoms with Crippen LogP contribution in [0.25, 0.3) is 0 Å². The summed E-state index contributed by atoms with van der Waals surface area (Å²) in [7, 11) is 3.14. The van der Waals surface area contributed by atoms with Crippen molar-refractivity contribution < 1.29 is 0 Å². The summed E-state index contributed by atoms with van der Waals surface area (Å²) in [5, 5.41) is 5.85. The van der Waals surface area contributed by atoms with Gasteiger partial charge in [0.2, 0.25) is 0 Å². The number of benzene rings is 4. The van der Waals surface area contributed by atoms with Gasteiger partial charge in [-0.25, -0.2) is 0 Å². The lowest BCUT2D eigenvalue weighted by Crippen LogP contribution is -2.27. The average molecular weight is 447 g/mol. The second-order valence-corrected chi connectivity index (χ2v) is 15.9. The van der Waals surface area contributed by atoms with Crippen LogP contribution in [0.3, 0.4) is 0 Å². The lowest BCUT2D eigenvalue weighted by molar-refractivity contribution is 1.70. The molecule has 0 unspecified atom stereocenters. The topological polar surface area (TPSA) is 0 Å². The normalized spacial score (nSPS) is 14.8. The predicted molar refractivity (Wildman–Crippen MR) is 136 cm³/mol. The van der Waals surface area contributed by atoms with Crippen molar-refractivity contribution in [1.82, 2.24) is 0 Å². The molecule has 4 aromatic rings. The van der Waals surface area contributed by atoms with E-state index < -0.39 is 15.8 Å². The van der Waals surface area contributed by atoms with E-state index in [1.165, 1.54) is 21.2 Å². The van der Waals surface area contributed by atoms with Crippen molar-refractivity contribution in [2.45, 2.75) is 3.56 Å². The maximum atomic E-state index is 2.32. The van der Waals surface area contributed by atoms with Crippen molar-refractivity contribution in [1.29, 1.82) is 0 Å². The fourth-order valence-corrected chi connectivity index (χ4v) is 16.9. The van der Waals surface area contributed by atoms with Crippen LogP contribution in [0.2, 0.25) is 0 Å². The minimum atomic E-state index is -0.515. The van der Waals surface area contributed by atoms with Crippen molar-refractivity contribution in [3.63, 3.8) is 0 Å². The average Bonchev–Trinajstić information content (AvgIpc) is 3.58. The highest BCUT2D eigenvalue weighted by molar-refractivity contribution is 8.99. The van der Waals surface area contributed by atoms with E-state index in [-0.39, 0.29) is 3.56 Å². The Morgan fingerprint density at radius 2 is 0.621 bits per heavy atom. The molecule has 0 bridgehead atoms. The molecular formula is C25H20P2S2. The van der Waals surface area contributed by atoms with E-state index in [0.717, 1.165) is 0 Å². The first-order chi connectivity index (χ1) is 14.4. The zero-order chi connectivity index (χ0) is 19.5. The van der Waals surface area contributed by atoms with Gasteiger partial charge >= 0.3 is 0 Å². The van der Waals surface area contributed by atoms with Gasteiger partial charge in [0, 0.05) is 0 Å². The van der Waals surface area contributed by atoms with Crippen LogP contribution in [-0.2, 0) is 0 Å². The third kappa shape index (κ3) is 3.92. The molecule has 1 fully saturated rings. The van der Waals surface area contributed by atoms with Gasteiger partial charge < -0.3 is 0 Å². The molecule has 0 aliphatic carbocycles. The Bertz CT molecular complexity index is 889. The highest BCUT2D eigenvalue weighted by Gasteiger charge is 2.60. The standard InChI is InChI=1S/C25H20P2S2/c1-5-13-21(14-6-1)26(22-15-7-2-8-16-22)25(28-29-25)27(23-17-9-3-10-18-23)24-19-11-4-12-20-24/h1-20H. The largest absolute Gasteiger partial charge is 0.136 e. The minimum Gasteiger partial charge on any atom is -0.0623 e. The van der Waals surface area contributed by atoms with Gasteiger partial charge in [-0.05, 0) is 37.1 Å². The summed E-state index contributed by atoms with van der Waals surface area (Å²) < 4.78 is 0.163. The molecule has 0 saturated carbocycles. The van der Waals surface area contributed by atoms with E-state index in [0.29, 0.717) is 0 Å². The van der Waals surface area contributed by atoms with Crippen LogP contribution in [0.15, 0.2) is 121 Å². The number of hydrogen-bond acceptors (Lipinski definition) is 2. The fourth-order valence-electron chi connectivity index (χ4n) is 3.55. The summed E-state index contributed by atoms with van der Waals surface area (Å²) in [4.78, 5) is 0. The Kier molecular flexibility index (Phi) is 5.80. The van der Waals surface area contributed by atoms with E-state index in [4.69, 9.17) is 0 Å². The second-order valence-electron chi connectivity index (χ2n) is 6.73. The Morgan fingerprint density at radius 3 is 0.828 bits per heavy atom. The van der Waals surface area contributed by atoms with Gasteiger partial charge in [0.05, 0.1) is 0 Å². The first-order valence-corrected chi connectivity index (χ1v) is 14.4. The van der Waals surface area contributed by atoms with Crippen molar-refractivity contribution in [3.05, 3.63) is 121 Å². The predicted octanol–water partition coefficient (Wildman–Crippen LogP) is 6.26. The molecule has 142 valence electrons. The van der Waals surface area contributed by atoms with Crippen LogP contribution < -0.4 is 21.2 Å². The molecule has 0 nitrogen and oxygen atoms in total. The molecule has 4 heteroatoms. The Hall–Kier alpha value is -1.56. The molecule has 0 atom stereocenters. The SMILES string of the molecule is c1ccc(P(c2ccccc2)C2(P(c3ccccc3)c3ccccc3)SS2)cc1. The zero-order valence-corrected chi connectivity index (χ0v) is 19.2. The molecule has 29 heavy (non-hydrogen) atoms. The highest BCUT2D eigenvalue weighted by atomic mass is 33.2. The van der Waals surface area contributed by atoms with Gasteiger partial charge in [-0.3, -0.25) is 0 Å². The Labute approximate surface area is 183 Å². The van der Waals surface area contributed by atoms with Gasteiger partial charge in [0.25, 0.3) is 0 Å². The zero-order valence-electron chi connectivity index (χ0n) is 15.8. The lowest BCUT2D eigenvalue weighted by atomic mass is 10.4. The monoisotopic (exact) mass is 446 g/mol. The molecule has 0 amide bonds. The van der Waals surface area contributed by atoms with Crippen LogP contribution in [-0.4, -0.2) is 3.56 Å². The van der Waals surface area contributed by atoms with Crippen molar-refractivity contribution in [2.75, 3.05) is 0 Å². The maximum absolute atomic E-state index is 2.32. The molecule has 1 aliphatic heterocycles. The third-order valence-electron chi connectivity index (χ3n) is 4.86. The molecule has 0 aromatic heterocycles. The number of hydrogen-bond donors (Lipinski definition) is 0. The summed E-state index contributed by atoms with van der Waals surface area (Å²) >= 11 is 0. The van der Waals surface area contributed by atoms with Gasteiger partial charge in [-0.1, -0.05) is 143 Å². The smallest absolute Gasteiger partial charge is 0.0623 e. The van der Waals surface area contributed by atoms with Crippen molar-refractivity contribution >= 4 is 58.6 Å². The fraction of sp³-hybridized carbons (Fsp3) is 0.0400. The summed E-state index contributed by atoms with van der Waals surface area (Å²) in [5.41, 5.74) is 0. The third-order valence-corrected chi connectivity index (χ3v) is 17.2. The molecular weight excluding hydrogens is 426 g/mol. The van der Waals surface area contributed by atoms with E-state index in [1.807, 2.05) is 0 Å². The van der Waals surface area contributed by atoms with Crippen molar-refractivity contribution in [2.24, 2.45) is 0 Å². The quantitative estimate of drug-likeness (QED) is 0.195. The molecule has 1 saturated heterocycles. The summed E-state index contributed by atoms with van der Waals surface area (Å²) in [5.74, 6) is 0. The minimum absolute atomic E-state index is 0.163. The Balaban J connectivity index is 1.70. The summed E-state index contributed by atoms with van der Waals surface area (Å²) in [6.07, 6.45) is 0. The van der Waals surface area contributed by atoms with E-state index in [1.54, 1.807) is 0 Å². The van der Waals surface area contributed by atoms with Crippen molar-refractivity contribution in [3.8, 4) is 0 Å². The summed E-state index contributed by atoms with van der Waals surface area (Å²) in [6, 6.07) is 44.6. The van der Waals surface area contributed by atoms with Gasteiger partial charge in [0.1, 0.15) is 3.56 Å². The maximum Gasteiger partial charge on any atom is 0.136 e. The van der Waals surface area contributed by atoms with Crippen LogP contribution >= 0.6 is 37.4 Å². The lowest BCUT2D eigenvalue weighted by Gasteiger charge is -2.33. The van der Waals surface area contributed by atoms with Crippen LogP contribution in [0.5, 0.6) is 0 Å². The molecule has 1 heterocycles. The number of rotatable bonds is 6. The van der Waals surface area contributed by atoms with Crippen LogP contribution in [0, 0.1) is 0 Å². The first-order valence-electron chi connectivity index (χ1n) is 9.56. The van der Waals surface area contributed by atoms with Gasteiger partial charge in [-0.15, -0.1) is 0 Å².